The van der Waals surface area contributed by atoms with Crippen molar-refractivity contribution in [2.75, 3.05) is 13.2 Å². The second kappa shape index (κ2) is 7.77. The molecule has 0 heterocycles. The molecule has 0 amide bonds. The highest BCUT2D eigenvalue weighted by atomic mass is 16.5. The van der Waals surface area contributed by atoms with Gasteiger partial charge in [0.25, 0.3) is 0 Å². The van der Waals surface area contributed by atoms with E-state index in [0.29, 0.717) is 19.2 Å². The predicted octanol–water partition coefficient (Wildman–Crippen LogP) is 2.90. The number of benzene rings is 1. The summed E-state index contributed by atoms with van der Waals surface area (Å²) in [7, 11) is 0. The zero-order chi connectivity index (χ0) is 14.4. The summed E-state index contributed by atoms with van der Waals surface area (Å²) in [6.07, 6.45) is 3.59. The van der Waals surface area contributed by atoms with Gasteiger partial charge in [0.15, 0.2) is 0 Å². The van der Waals surface area contributed by atoms with Crippen molar-refractivity contribution in [1.82, 2.24) is 5.32 Å². The van der Waals surface area contributed by atoms with Crippen LogP contribution in [0, 0.1) is 5.92 Å². The van der Waals surface area contributed by atoms with Gasteiger partial charge in [-0.2, -0.15) is 0 Å². The van der Waals surface area contributed by atoms with Crippen LogP contribution in [0.15, 0.2) is 30.3 Å². The van der Waals surface area contributed by atoms with Crippen LogP contribution in [0.2, 0.25) is 0 Å². The maximum absolute atomic E-state index is 9.98. The van der Waals surface area contributed by atoms with Gasteiger partial charge in [-0.15, -0.1) is 0 Å². The Morgan fingerprint density at radius 1 is 1.25 bits per heavy atom. The van der Waals surface area contributed by atoms with Crippen molar-refractivity contribution in [2.45, 2.75) is 51.4 Å². The molecule has 0 radical (unpaired) electrons. The first-order valence-electron chi connectivity index (χ1n) is 7.75. The minimum Gasteiger partial charge on any atom is -0.389 e. The van der Waals surface area contributed by atoms with Crippen LogP contribution < -0.4 is 5.32 Å². The lowest BCUT2D eigenvalue weighted by Crippen LogP contribution is -2.42. The first-order valence-corrected chi connectivity index (χ1v) is 7.75. The second-order valence-electron chi connectivity index (χ2n) is 5.93. The third kappa shape index (κ3) is 4.58. The Morgan fingerprint density at radius 3 is 2.55 bits per heavy atom. The van der Waals surface area contributed by atoms with E-state index in [2.05, 4.69) is 12.2 Å². The summed E-state index contributed by atoms with van der Waals surface area (Å²) in [5.74, 6) is 0.798. The molecular formula is C17H27NO2. The Morgan fingerprint density at radius 2 is 1.95 bits per heavy atom. The van der Waals surface area contributed by atoms with Gasteiger partial charge in [0.05, 0.1) is 18.8 Å². The summed E-state index contributed by atoms with van der Waals surface area (Å²) in [4.78, 5) is 0. The molecule has 1 saturated carbocycles. The Balaban J connectivity index is 1.63. The van der Waals surface area contributed by atoms with Gasteiger partial charge in [-0.05, 0) is 38.2 Å². The quantitative estimate of drug-likeness (QED) is 0.767. The van der Waals surface area contributed by atoms with Crippen molar-refractivity contribution in [3.8, 4) is 0 Å². The van der Waals surface area contributed by atoms with Crippen molar-refractivity contribution in [1.29, 1.82) is 0 Å². The van der Waals surface area contributed by atoms with Crippen LogP contribution in [-0.4, -0.2) is 30.4 Å². The molecule has 0 bridgehead atoms. The Kier molecular flexibility index (Phi) is 6.02. The van der Waals surface area contributed by atoms with Gasteiger partial charge in [0, 0.05) is 12.6 Å². The number of hydrogen-bond acceptors (Lipinski definition) is 3. The van der Waals surface area contributed by atoms with E-state index < -0.39 is 6.10 Å². The SMILES string of the molecule is CC(OCC(O)CNC(C)C1CCC1)c1ccccc1. The topological polar surface area (TPSA) is 41.5 Å². The molecule has 0 aromatic heterocycles. The van der Waals surface area contributed by atoms with Gasteiger partial charge in [0.2, 0.25) is 0 Å². The monoisotopic (exact) mass is 277 g/mol. The van der Waals surface area contributed by atoms with Crippen molar-refractivity contribution in [2.24, 2.45) is 5.92 Å². The number of rotatable bonds is 8. The first kappa shape index (κ1) is 15.5. The van der Waals surface area contributed by atoms with E-state index in [4.69, 9.17) is 4.74 Å². The van der Waals surface area contributed by atoms with Crippen LogP contribution in [0.5, 0.6) is 0 Å². The van der Waals surface area contributed by atoms with Crippen molar-refractivity contribution in [3.05, 3.63) is 35.9 Å². The summed E-state index contributed by atoms with van der Waals surface area (Å²) < 4.78 is 5.73. The molecule has 20 heavy (non-hydrogen) atoms. The Labute approximate surface area is 122 Å². The number of hydrogen-bond donors (Lipinski definition) is 2. The summed E-state index contributed by atoms with van der Waals surface area (Å²) in [6.45, 7) is 5.22. The molecule has 0 aliphatic heterocycles. The largest absolute Gasteiger partial charge is 0.389 e. The van der Waals surface area contributed by atoms with E-state index in [1.807, 2.05) is 37.3 Å². The summed E-state index contributed by atoms with van der Waals surface area (Å²) in [6, 6.07) is 10.6. The second-order valence-corrected chi connectivity index (χ2v) is 5.93. The zero-order valence-electron chi connectivity index (χ0n) is 12.6. The van der Waals surface area contributed by atoms with Crippen LogP contribution >= 0.6 is 0 Å². The minimum absolute atomic E-state index is 0.0231. The van der Waals surface area contributed by atoms with Gasteiger partial charge in [-0.3, -0.25) is 0 Å². The Hall–Kier alpha value is -0.900. The van der Waals surface area contributed by atoms with E-state index >= 15 is 0 Å². The van der Waals surface area contributed by atoms with Gasteiger partial charge < -0.3 is 15.2 Å². The lowest BCUT2D eigenvalue weighted by Gasteiger charge is -2.32. The third-order valence-corrected chi connectivity index (χ3v) is 4.34. The maximum atomic E-state index is 9.98. The lowest BCUT2D eigenvalue weighted by atomic mass is 9.80. The molecule has 1 aromatic rings. The summed E-state index contributed by atoms with van der Waals surface area (Å²) >= 11 is 0. The predicted molar refractivity (Wildman–Crippen MR) is 81.6 cm³/mol. The van der Waals surface area contributed by atoms with Crippen LogP contribution in [0.4, 0.5) is 0 Å². The van der Waals surface area contributed by atoms with E-state index in [1.54, 1.807) is 0 Å². The standard InChI is InChI=1S/C17H27NO2/c1-13(15-9-6-10-15)18-11-17(19)12-20-14(2)16-7-4-3-5-8-16/h3-5,7-8,13-15,17-19H,6,9-12H2,1-2H3. The highest BCUT2D eigenvalue weighted by molar-refractivity contribution is 5.16. The molecule has 3 unspecified atom stereocenters. The molecule has 112 valence electrons. The van der Waals surface area contributed by atoms with Gasteiger partial charge in [-0.1, -0.05) is 36.8 Å². The third-order valence-electron chi connectivity index (χ3n) is 4.34. The van der Waals surface area contributed by atoms with Gasteiger partial charge in [-0.25, -0.2) is 0 Å². The van der Waals surface area contributed by atoms with Crippen molar-refractivity contribution < 1.29 is 9.84 Å². The molecular weight excluding hydrogens is 250 g/mol. The fourth-order valence-electron chi connectivity index (χ4n) is 2.56. The lowest BCUT2D eigenvalue weighted by molar-refractivity contribution is -0.00383. The minimum atomic E-state index is -0.441. The van der Waals surface area contributed by atoms with E-state index in [9.17, 15) is 5.11 Å². The summed E-state index contributed by atoms with van der Waals surface area (Å²) in [5.41, 5.74) is 1.15. The van der Waals surface area contributed by atoms with Crippen LogP contribution in [0.25, 0.3) is 0 Å². The fraction of sp³-hybridized carbons (Fsp3) is 0.647. The molecule has 0 spiro atoms. The molecule has 1 aliphatic carbocycles. The molecule has 3 nitrogen and oxygen atoms in total. The molecule has 2 rings (SSSR count). The molecule has 3 heteroatoms. The number of nitrogens with one attached hydrogen (secondary N) is 1. The van der Waals surface area contributed by atoms with Crippen LogP contribution in [0.3, 0.4) is 0 Å². The zero-order valence-corrected chi connectivity index (χ0v) is 12.6. The van der Waals surface area contributed by atoms with Gasteiger partial charge >= 0.3 is 0 Å². The molecule has 0 saturated heterocycles. The molecule has 2 N–H and O–H groups in total. The van der Waals surface area contributed by atoms with Crippen molar-refractivity contribution >= 4 is 0 Å². The van der Waals surface area contributed by atoms with E-state index in [-0.39, 0.29) is 6.10 Å². The number of aliphatic hydroxyl groups is 1. The highest BCUT2D eigenvalue weighted by Gasteiger charge is 2.23. The first-order chi connectivity index (χ1) is 9.66. The molecule has 1 aliphatic rings. The molecule has 1 aromatic carbocycles. The summed E-state index contributed by atoms with van der Waals surface area (Å²) in [5, 5.41) is 13.4. The fourth-order valence-corrected chi connectivity index (χ4v) is 2.56. The van der Waals surface area contributed by atoms with E-state index in [1.165, 1.54) is 19.3 Å². The van der Waals surface area contributed by atoms with E-state index in [0.717, 1.165) is 11.5 Å². The molecule has 3 atom stereocenters. The smallest absolute Gasteiger partial charge is 0.0898 e. The Bertz CT molecular complexity index is 378. The average molecular weight is 277 g/mol. The molecule has 1 fully saturated rings. The van der Waals surface area contributed by atoms with Crippen molar-refractivity contribution in [3.63, 3.8) is 0 Å². The van der Waals surface area contributed by atoms with Crippen LogP contribution in [-0.2, 0) is 4.74 Å². The maximum Gasteiger partial charge on any atom is 0.0898 e. The average Bonchev–Trinajstić information content (AvgIpc) is 2.41. The highest BCUT2D eigenvalue weighted by Crippen LogP contribution is 2.29. The number of ether oxygens (including phenoxy) is 1. The normalized spacial score (nSPS) is 20.1. The number of aliphatic hydroxyl groups excluding tert-OH is 1. The van der Waals surface area contributed by atoms with Crippen LogP contribution in [0.1, 0.15) is 44.8 Å². The van der Waals surface area contributed by atoms with Gasteiger partial charge in [0.1, 0.15) is 0 Å².